The van der Waals surface area contributed by atoms with Crippen molar-refractivity contribution in [1.29, 1.82) is 0 Å². The number of amides is 1. The van der Waals surface area contributed by atoms with Gasteiger partial charge in [-0.25, -0.2) is 0 Å². The lowest BCUT2D eigenvalue weighted by atomic mass is 9.76. The van der Waals surface area contributed by atoms with E-state index in [1.807, 2.05) is 23.0 Å². The van der Waals surface area contributed by atoms with Gasteiger partial charge in [0.2, 0.25) is 0 Å². The first-order chi connectivity index (χ1) is 17.2. The number of anilines is 1. The quantitative estimate of drug-likeness (QED) is 0.367. The molecule has 0 bridgehead atoms. The Bertz CT molecular complexity index is 1140. The molecule has 0 aliphatic carbocycles. The molecule has 2 aliphatic rings. The Kier molecular flexibility index (Phi) is 7.13. The van der Waals surface area contributed by atoms with Crippen LogP contribution in [0.2, 0.25) is 0 Å². The lowest BCUT2D eigenvalue weighted by Gasteiger charge is -2.28. The third-order valence-electron chi connectivity index (χ3n) is 7.48. The van der Waals surface area contributed by atoms with Crippen molar-refractivity contribution in [2.45, 2.75) is 70.0 Å². The molecule has 184 valence electrons. The molecule has 1 aromatic heterocycles. The van der Waals surface area contributed by atoms with Crippen LogP contribution >= 0.6 is 0 Å². The first-order valence-corrected chi connectivity index (χ1v) is 13.0. The van der Waals surface area contributed by atoms with E-state index in [4.69, 9.17) is 0 Å². The normalized spacial score (nSPS) is 20.3. The molecule has 2 aromatic carbocycles. The summed E-state index contributed by atoms with van der Waals surface area (Å²) >= 11 is 0. The number of carbonyl (C=O) groups excluding carboxylic acids is 1. The molecule has 3 heterocycles. The van der Waals surface area contributed by atoms with Crippen LogP contribution in [0, 0.1) is 0 Å². The van der Waals surface area contributed by atoms with Gasteiger partial charge in [0.15, 0.2) is 0 Å². The summed E-state index contributed by atoms with van der Waals surface area (Å²) in [5.41, 5.74) is 5.57. The summed E-state index contributed by atoms with van der Waals surface area (Å²) in [6.45, 7) is 4.33. The van der Waals surface area contributed by atoms with E-state index in [1.54, 1.807) is 0 Å². The van der Waals surface area contributed by atoms with Gasteiger partial charge in [-0.05, 0) is 55.1 Å². The predicted octanol–water partition coefficient (Wildman–Crippen LogP) is 4.06. The molecule has 3 N–H and O–H groups in total. The lowest BCUT2D eigenvalue weighted by molar-refractivity contribution is 0.0952. The third kappa shape index (κ3) is 5.10. The number of para-hydroxylation sites is 1. The summed E-state index contributed by atoms with van der Waals surface area (Å²) in [4.78, 5) is 12.6. The van der Waals surface area contributed by atoms with Crippen molar-refractivity contribution >= 4 is 11.6 Å². The minimum absolute atomic E-state index is 0.00777. The Morgan fingerprint density at radius 1 is 1.14 bits per heavy atom. The Labute approximate surface area is 207 Å². The molecular weight excluding hydrogens is 436 g/mol. The topological polar surface area (TPSA) is 83.9 Å². The van der Waals surface area contributed by atoms with Crippen LogP contribution in [-0.4, -0.2) is 40.2 Å². The number of nitrogens with zero attached hydrogens (tertiary/aromatic N) is 3. The second-order valence-corrected chi connectivity index (χ2v) is 9.90. The number of hydrogen-bond acceptors (Lipinski definition) is 5. The van der Waals surface area contributed by atoms with E-state index in [1.165, 1.54) is 42.5 Å². The Balaban J connectivity index is 1.12. The van der Waals surface area contributed by atoms with Crippen molar-refractivity contribution in [1.82, 2.24) is 25.6 Å². The van der Waals surface area contributed by atoms with Crippen molar-refractivity contribution in [3.05, 3.63) is 77.1 Å². The summed E-state index contributed by atoms with van der Waals surface area (Å²) < 4.78 is 1.83. The van der Waals surface area contributed by atoms with Gasteiger partial charge in [-0.2, -0.15) is 0 Å². The van der Waals surface area contributed by atoms with Crippen LogP contribution in [-0.2, 0) is 24.8 Å². The van der Waals surface area contributed by atoms with E-state index < -0.39 is 0 Å². The summed E-state index contributed by atoms with van der Waals surface area (Å²) in [6, 6.07) is 16.6. The Morgan fingerprint density at radius 3 is 2.86 bits per heavy atom. The number of fused-ring (bicyclic) bond motifs is 3. The number of rotatable bonds is 11. The van der Waals surface area contributed by atoms with Crippen molar-refractivity contribution in [2.75, 3.05) is 18.4 Å². The van der Waals surface area contributed by atoms with Crippen LogP contribution in [0.25, 0.3) is 0 Å². The molecule has 1 amide bonds. The van der Waals surface area contributed by atoms with Crippen LogP contribution in [0.4, 0.5) is 5.69 Å². The number of carbonyl (C=O) groups is 1. The molecule has 7 nitrogen and oxygen atoms in total. The highest BCUT2D eigenvalue weighted by molar-refractivity contribution is 5.94. The number of nitrogens with one attached hydrogen (secondary N) is 3. The first-order valence-electron chi connectivity index (χ1n) is 13.0. The molecule has 0 radical (unpaired) electrons. The number of unbranched alkanes of at least 4 members (excludes halogenated alkanes) is 3. The number of hydrogen-bond donors (Lipinski definition) is 3. The molecule has 1 saturated heterocycles. The summed E-state index contributed by atoms with van der Waals surface area (Å²) in [5.74, 6) is -0.0460. The molecular formula is C28H36N6O. The van der Waals surface area contributed by atoms with Gasteiger partial charge >= 0.3 is 0 Å². The van der Waals surface area contributed by atoms with E-state index in [2.05, 4.69) is 69.6 Å². The predicted molar refractivity (Wildman–Crippen MR) is 138 cm³/mol. The van der Waals surface area contributed by atoms with Crippen molar-refractivity contribution in [3.63, 3.8) is 0 Å². The molecule has 5 rings (SSSR count). The van der Waals surface area contributed by atoms with Crippen molar-refractivity contribution < 1.29 is 4.79 Å². The van der Waals surface area contributed by atoms with E-state index >= 15 is 0 Å². The van der Waals surface area contributed by atoms with Gasteiger partial charge in [-0.3, -0.25) is 14.8 Å². The fraction of sp³-hybridized carbons (Fsp3) is 0.464. The van der Waals surface area contributed by atoms with Gasteiger partial charge in [0.25, 0.3) is 5.91 Å². The number of aryl methyl sites for hydroxylation is 1. The van der Waals surface area contributed by atoms with Crippen molar-refractivity contribution in [2.24, 2.45) is 0 Å². The summed E-state index contributed by atoms with van der Waals surface area (Å²) in [6.07, 6.45) is 10.3. The van der Waals surface area contributed by atoms with Crippen molar-refractivity contribution in [3.8, 4) is 0 Å². The zero-order valence-electron chi connectivity index (χ0n) is 20.6. The second-order valence-electron chi connectivity index (χ2n) is 9.90. The van der Waals surface area contributed by atoms with Gasteiger partial charge in [-0.15, -0.1) is 5.10 Å². The van der Waals surface area contributed by atoms with Crippen LogP contribution in [0.3, 0.4) is 0 Å². The summed E-state index contributed by atoms with van der Waals surface area (Å²) in [7, 11) is 0. The fourth-order valence-electron chi connectivity index (χ4n) is 5.56. The van der Waals surface area contributed by atoms with E-state index in [-0.39, 0.29) is 17.5 Å². The maximum absolute atomic E-state index is 12.6. The molecule has 1 fully saturated rings. The third-order valence-corrected chi connectivity index (χ3v) is 7.48. The van der Waals surface area contributed by atoms with Gasteiger partial charge in [0.1, 0.15) is 0 Å². The molecule has 2 aliphatic heterocycles. The zero-order chi connectivity index (χ0) is 24.1. The van der Waals surface area contributed by atoms with E-state index in [0.717, 1.165) is 31.5 Å². The maximum Gasteiger partial charge on any atom is 0.251 e. The summed E-state index contributed by atoms with van der Waals surface area (Å²) in [5, 5.41) is 19.0. The van der Waals surface area contributed by atoms with E-state index in [0.29, 0.717) is 18.7 Å². The SMILES string of the molecule is CCCCCCc1ccc(C(=O)NCCn2cc(C[C@@]34CCN[C@@H]3Nc3ccccc34)nn2)cc1. The Morgan fingerprint density at radius 2 is 2.00 bits per heavy atom. The number of benzene rings is 2. The van der Waals surface area contributed by atoms with Gasteiger partial charge in [0.05, 0.1) is 18.4 Å². The smallest absolute Gasteiger partial charge is 0.251 e. The zero-order valence-corrected chi connectivity index (χ0v) is 20.6. The minimum Gasteiger partial charge on any atom is -0.369 e. The monoisotopic (exact) mass is 472 g/mol. The average Bonchev–Trinajstić information content (AvgIpc) is 3.56. The molecule has 0 saturated carbocycles. The molecule has 7 heteroatoms. The van der Waals surface area contributed by atoms with Crippen LogP contribution < -0.4 is 16.0 Å². The highest BCUT2D eigenvalue weighted by Crippen LogP contribution is 2.47. The highest BCUT2D eigenvalue weighted by Gasteiger charge is 2.50. The van der Waals surface area contributed by atoms with Crippen LogP contribution in [0.15, 0.2) is 54.7 Å². The standard InChI is InChI=1S/C28H36N6O/c1-2-3-4-5-8-21-11-13-22(14-12-21)26(35)29-17-18-34-20-23(32-33-34)19-28-15-16-30-27(28)31-25-10-7-6-9-24(25)28/h6-7,9-14,20,27,30-31H,2-5,8,15-19H2,1H3,(H,29,35)/t27-,28-/m1/s1. The maximum atomic E-state index is 12.6. The molecule has 0 spiro atoms. The first kappa shape index (κ1) is 23.5. The van der Waals surface area contributed by atoms with E-state index in [9.17, 15) is 4.79 Å². The minimum atomic E-state index is -0.0460. The Hall–Kier alpha value is -3.19. The van der Waals surface area contributed by atoms with Crippen LogP contribution in [0.1, 0.15) is 66.2 Å². The average molecular weight is 473 g/mol. The largest absolute Gasteiger partial charge is 0.369 e. The lowest BCUT2D eigenvalue weighted by Crippen LogP contribution is -2.42. The van der Waals surface area contributed by atoms with Gasteiger partial charge < -0.3 is 10.6 Å². The second kappa shape index (κ2) is 10.6. The molecule has 2 atom stereocenters. The fourth-order valence-corrected chi connectivity index (χ4v) is 5.56. The van der Waals surface area contributed by atoms with Gasteiger partial charge in [-0.1, -0.05) is 61.7 Å². The molecule has 0 unspecified atom stereocenters. The molecule has 35 heavy (non-hydrogen) atoms. The van der Waals surface area contributed by atoms with Gasteiger partial charge in [0, 0.05) is 35.8 Å². The van der Waals surface area contributed by atoms with Crippen LogP contribution in [0.5, 0.6) is 0 Å². The number of aromatic nitrogens is 3. The highest BCUT2D eigenvalue weighted by atomic mass is 16.1. The molecule has 3 aromatic rings.